The second-order valence-corrected chi connectivity index (χ2v) is 6.60. The first-order chi connectivity index (χ1) is 9.53. The second kappa shape index (κ2) is 6.05. The van der Waals surface area contributed by atoms with Crippen molar-refractivity contribution in [2.45, 2.75) is 37.1 Å². The first-order valence-electron chi connectivity index (χ1n) is 6.10. The Morgan fingerprint density at radius 1 is 1.33 bits per heavy atom. The number of rotatable bonds is 4. The summed E-state index contributed by atoms with van der Waals surface area (Å²) in [5.74, 6) is -0.991. The molecule has 4 nitrogen and oxygen atoms in total. The molecule has 0 bridgehead atoms. The van der Waals surface area contributed by atoms with Crippen molar-refractivity contribution in [3.8, 4) is 0 Å². The maximum Gasteiger partial charge on any atom is 0.416 e. The van der Waals surface area contributed by atoms with Gasteiger partial charge in [0.25, 0.3) is 0 Å². The number of carbonyl (C=O) groups is 1. The fraction of sp³-hybridized carbons (Fsp3) is 0.462. The molecule has 0 spiro atoms. The molecule has 118 valence electrons. The molecule has 0 aromatic heterocycles. The van der Waals surface area contributed by atoms with Gasteiger partial charge in [-0.05, 0) is 38.5 Å². The predicted octanol–water partition coefficient (Wildman–Crippen LogP) is 2.74. The molecule has 1 rings (SSSR count). The lowest BCUT2D eigenvalue weighted by Gasteiger charge is -2.17. The molecule has 8 heteroatoms. The molecule has 0 fully saturated rings. The van der Waals surface area contributed by atoms with Crippen LogP contribution in [0.4, 0.5) is 13.2 Å². The van der Waals surface area contributed by atoms with Crippen LogP contribution in [0.15, 0.2) is 23.1 Å². The Balaban J connectivity index is 3.37. The van der Waals surface area contributed by atoms with Gasteiger partial charge in [0.1, 0.15) is 0 Å². The number of hydrogen-bond acceptors (Lipinski definition) is 4. The van der Waals surface area contributed by atoms with Crippen molar-refractivity contribution in [3.63, 3.8) is 0 Å². The molecular weight excluding hydrogens is 309 g/mol. The van der Waals surface area contributed by atoms with E-state index in [0.29, 0.717) is 0 Å². The predicted molar refractivity (Wildman–Crippen MR) is 69.5 cm³/mol. The zero-order valence-corrected chi connectivity index (χ0v) is 12.5. The molecule has 0 aliphatic carbocycles. The SMILES string of the molecule is CCOC(=O)C(C)S(=O)(=O)c1cccc(C(F)(F)F)c1C. The molecule has 0 amide bonds. The Hall–Kier alpha value is -1.57. The molecule has 0 saturated carbocycles. The highest BCUT2D eigenvalue weighted by Gasteiger charge is 2.37. The lowest BCUT2D eigenvalue weighted by molar-refractivity contribution is -0.142. The van der Waals surface area contributed by atoms with Gasteiger partial charge >= 0.3 is 12.1 Å². The van der Waals surface area contributed by atoms with Crippen molar-refractivity contribution in [1.82, 2.24) is 0 Å². The van der Waals surface area contributed by atoms with Gasteiger partial charge in [-0.25, -0.2) is 8.42 Å². The van der Waals surface area contributed by atoms with Crippen molar-refractivity contribution >= 4 is 15.8 Å². The number of ether oxygens (including phenoxy) is 1. The summed E-state index contributed by atoms with van der Waals surface area (Å²) < 4.78 is 67.6. The molecule has 0 N–H and O–H groups in total. The number of carbonyl (C=O) groups excluding carboxylic acids is 1. The van der Waals surface area contributed by atoms with Gasteiger partial charge in [-0.1, -0.05) is 6.07 Å². The third-order valence-electron chi connectivity index (χ3n) is 2.98. The minimum Gasteiger partial charge on any atom is -0.465 e. The summed E-state index contributed by atoms with van der Waals surface area (Å²) in [6.07, 6.45) is -4.66. The zero-order chi connectivity index (χ0) is 16.4. The van der Waals surface area contributed by atoms with Crippen LogP contribution >= 0.6 is 0 Å². The van der Waals surface area contributed by atoms with E-state index in [2.05, 4.69) is 4.74 Å². The van der Waals surface area contributed by atoms with Gasteiger partial charge in [-0.15, -0.1) is 0 Å². The van der Waals surface area contributed by atoms with Crippen LogP contribution in [-0.2, 0) is 25.5 Å². The number of hydrogen-bond donors (Lipinski definition) is 0. The number of esters is 1. The summed E-state index contributed by atoms with van der Waals surface area (Å²) in [5.41, 5.74) is -1.47. The second-order valence-electron chi connectivity index (χ2n) is 4.37. The highest BCUT2D eigenvalue weighted by Crippen LogP contribution is 2.35. The average Bonchev–Trinajstić information content (AvgIpc) is 2.36. The van der Waals surface area contributed by atoms with E-state index in [9.17, 15) is 26.4 Å². The van der Waals surface area contributed by atoms with Gasteiger partial charge in [-0.2, -0.15) is 13.2 Å². The molecule has 1 aromatic carbocycles. The van der Waals surface area contributed by atoms with E-state index in [-0.39, 0.29) is 6.61 Å². The van der Waals surface area contributed by atoms with E-state index in [1.54, 1.807) is 0 Å². The summed E-state index contributed by atoms with van der Waals surface area (Å²) in [4.78, 5) is 11.0. The van der Waals surface area contributed by atoms with Gasteiger partial charge in [0, 0.05) is 0 Å². The molecule has 0 saturated heterocycles. The first-order valence-corrected chi connectivity index (χ1v) is 7.65. The van der Waals surface area contributed by atoms with Crippen LogP contribution in [0.25, 0.3) is 0 Å². The van der Waals surface area contributed by atoms with Crippen LogP contribution in [0, 0.1) is 6.92 Å². The van der Waals surface area contributed by atoms with Crippen molar-refractivity contribution in [2.75, 3.05) is 6.61 Å². The Morgan fingerprint density at radius 3 is 2.38 bits per heavy atom. The van der Waals surface area contributed by atoms with Crippen molar-refractivity contribution in [2.24, 2.45) is 0 Å². The van der Waals surface area contributed by atoms with E-state index in [1.807, 2.05) is 0 Å². The fourth-order valence-corrected chi connectivity index (χ4v) is 3.31. The van der Waals surface area contributed by atoms with Crippen LogP contribution in [0.5, 0.6) is 0 Å². The van der Waals surface area contributed by atoms with Gasteiger partial charge in [-0.3, -0.25) is 4.79 Å². The van der Waals surface area contributed by atoms with Gasteiger partial charge in [0.05, 0.1) is 17.1 Å². The summed E-state index contributed by atoms with van der Waals surface area (Å²) in [6.45, 7) is 3.65. The van der Waals surface area contributed by atoms with Gasteiger partial charge in [0.15, 0.2) is 15.1 Å². The standard InChI is InChI=1S/C13H15F3O4S/c1-4-20-12(17)9(3)21(18,19)11-7-5-6-10(8(11)2)13(14,15)16/h5-7,9H,4H2,1-3H3. The van der Waals surface area contributed by atoms with Gasteiger partial charge < -0.3 is 4.74 Å². The Kier molecular flexibility index (Phi) is 5.03. The van der Waals surface area contributed by atoms with E-state index in [0.717, 1.165) is 32.0 Å². The monoisotopic (exact) mass is 324 g/mol. The van der Waals surface area contributed by atoms with E-state index in [4.69, 9.17) is 0 Å². The molecule has 0 radical (unpaired) electrons. The Morgan fingerprint density at radius 2 is 1.90 bits per heavy atom. The topological polar surface area (TPSA) is 60.4 Å². The molecule has 0 heterocycles. The maximum atomic E-state index is 12.8. The fourth-order valence-electron chi connectivity index (χ4n) is 1.81. The largest absolute Gasteiger partial charge is 0.465 e. The van der Waals surface area contributed by atoms with Crippen molar-refractivity contribution in [1.29, 1.82) is 0 Å². The summed E-state index contributed by atoms with van der Waals surface area (Å²) in [6, 6.07) is 2.85. The number of halogens is 3. The van der Waals surface area contributed by atoms with E-state index >= 15 is 0 Å². The molecule has 1 atom stereocenters. The minimum atomic E-state index is -4.66. The quantitative estimate of drug-likeness (QED) is 0.799. The lowest BCUT2D eigenvalue weighted by atomic mass is 10.1. The minimum absolute atomic E-state index is 0.0136. The zero-order valence-electron chi connectivity index (χ0n) is 11.7. The van der Waals surface area contributed by atoms with Crippen LogP contribution in [-0.4, -0.2) is 26.2 Å². The van der Waals surface area contributed by atoms with E-state index in [1.165, 1.54) is 6.92 Å². The third-order valence-corrected chi connectivity index (χ3v) is 5.16. The average molecular weight is 324 g/mol. The number of benzene rings is 1. The first kappa shape index (κ1) is 17.5. The van der Waals surface area contributed by atoms with E-state index < -0.39 is 43.3 Å². The maximum absolute atomic E-state index is 12.8. The van der Waals surface area contributed by atoms with Crippen molar-refractivity contribution < 1.29 is 31.1 Å². The summed E-state index contributed by atoms with van der Waals surface area (Å²) in [5, 5.41) is -1.57. The summed E-state index contributed by atoms with van der Waals surface area (Å²) >= 11 is 0. The van der Waals surface area contributed by atoms with Crippen molar-refractivity contribution in [3.05, 3.63) is 29.3 Å². The Bertz CT molecular complexity index is 635. The normalized spacial score (nSPS) is 13.8. The van der Waals surface area contributed by atoms with Gasteiger partial charge in [0.2, 0.25) is 0 Å². The number of sulfone groups is 1. The smallest absolute Gasteiger partial charge is 0.416 e. The van der Waals surface area contributed by atoms with Crippen LogP contribution in [0.2, 0.25) is 0 Å². The van der Waals surface area contributed by atoms with Crippen LogP contribution in [0.3, 0.4) is 0 Å². The molecule has 0 aliphatic rings. The summed E-state index contributed by atoms with van der Waals surface area (Å²) in [7, 11) is -4.25. The number of alkyl halides is 3. The lowest BCUT2D eigenvalue weighted by Crippen LogP contribution is -2.30. The highest BCUT2D eigenvalue weighted by molar-refractivity contribution is 7.92. The molecule has 1 aromatic rings. The Labute approximate surface area is 120 Å². The van der Waals surface area contributed by atoms with Crippen LogP contribution in [0.1, 0.15) is 25.0 Å². The van der Waals surface area contributed by atoms with Crippen LogP contribution < -0.4 is 0 Å². The molecule has 21 heavy (non-hydrogen) atoms. The third kappa shape index (κ3) is 3.55. The molecule has 0 aliphatic heterocycles. The molecular formula is C13H15F3O4S. The highest BCUT2D eigenvalue weighted by atomic mass is 32.2. The molecule has 1 unspecified atom stereocenters.